The van der Waals surface area contributed by atoms with Gasteiger partial charge in [-0.2, -0.15) is 13.2 Å². The van der Waals surface area contributed by atoms with Gasteiger partial charge in [-0.05, 0) is 12.0 Å². The van der Waals surface area contributed by atoms with E-state index < -0.39 is 40.4 Å². The molecule has 0 aliphatic carbocycles. The van der Waals surface area contributed by atoms with E-state index in [-0.39, 0.29) is 12.8 Å². The van der Waals surface area contributed by atoms with Crippen molar-refractivity contribution in [3.8, 4) is 0 Å². The lowest BCUT2D eigenvalue weighted by molar-refractivity contribution is -0.137. The topological polar surface area (TPSA) is 83.5 Å². The van der Waals surface area contributed by atoms with Crippen molar-refractivity contribution >= 4 is 16.0 Å². The summed E-state index contributed by atoms with van der Waals surface area (Å²) >= 11 is 0. The molecule has 0 fully saturated rings. The third-order valence-corrected chi connectivity index (χ3v) is 4.21. The van der Waals surface area contributed by atoms with Crippen LogP contribution in [-0.4, -0.2) is 31.4 Å². The molecule has 0 amide bonds. The van der Waals surface area contributed by atoms with E-state index in [0.29, 0.717) is 5.56 Å². The Labute approximate surface area is 126 Å². The van der Waals surface area contributed by atoms with Gasteiger partial charge >= 0.3 is 12.1 Å². The number of rotatable bonds is 8. The molecule has 0 aliphatic rings. The van der Waals surface area contributed by atoms with Crippen LogP contribution in [0.15, 0.2) is 30.3 Å². The molecule has 1 atom stereocenters. The van der Waals surface area contributed by atoms with Gasteiger partial charge in [-0.1, -0.05) is 30.3 Å². The predicted molar refractivity (Wildman–Crippen MR) is 73.6 cm³/mol. The van der Waals surface area contributed by atoms with Gasteiger partial charge in [0, 0.05) is 12.5 Å². The monoisotopic (exact) mass is 339 g/mol. The summed E-state index contributed by atoms with van der Waals surface area (Å²) in [7, 11) is -4.17. The van der Waals surface area contributed by atoms with Crippen molar-refractivity contribution in [2.45, 2.75) is 31.5 Å². The fourth-order valence-electron chi connectivity index (χ4n) is 1.77. The van der Waals surface area contributed by atoms with E-state index in [1.165, 1.54) is 0 Å². The first-order chi connectivity index (χ1) is 10.1. The van der Waals surface area contributed by atoms with E-state index in [1.54, 1.807) is 30.3 Å². The maximum Gasteiger partial charge on any atom is 0.390 e. The Bertz CT molecular complexity index is 587. The van der Waals surface area contributed by atoms with Crippen molar-refractivity contribution < 1.29 is 31.5 Å². The van der Waals surface area contributed by atoms with Gasteiger partial charge in [-0.25, -0.2) is 13.1 Å². The second-order valence-corrected chi connectivity index (χ2v) is 6.57. The van der Waals surface area contributed by atoms with Crippen molar-refractivity contribution in [3.05, 3.63) is 35.9 Å². The van der Waals surface area contributed by atoms with Crippen LogP contribution in [0.3, 0.4) is 0 Å². The van der Waals surface area contributed by atoms with Crippen LogP contribution in [0.1, 0.15) is 30.9 Å². The van der Waals surface area contributed by atoms with Gasteiger partial charge in [0.05, 0.1) is 12.2 Å². The van der Waals surface area contributed by atoms with Crippen LogP contribution in [-0.2, 0) is 14.8 Å². The zero-order valence-corrected chi connectivity index (χ0v) is 12.3. The molecule has 0 aromatic heterocycles. The number of alkyl halides is 3. The smallest absolute Gasteiger partial charge is 0.390 e. The van der Waals surface area contributed by atoms with Gasteiger partial charge in [0.15, 0.2) is 0 Å². The summed E-state index contributed by atoms with van der Waals surface area (Å²) in [4.78, 5) is 10.6. The number of carboxylic acid groups (broad SMARTS) is 1. The minimum Gasteiger partial charge on any atom is -0.481 e. The van der Waals surface area contributed by atoms with E-state index in [4.69, 9.17) is 5.11 Å². The Hall–Kier alpha value is -1.61. The molecule has 1 rings (SSSR count). The Morgan fingerprint density at radius 3 is 2.32 bits per heavy atom. The van der Waals surface area contributed by atoms with Gasteiger partial charge in [0.2, 0.25) is 10.0 Å². The van der Waals surface area contributed by atoms with Crippen molar-refractivity contribution in [1.82, 2.24) is 4.72 Å². The molecule has 9 heteroatoms. The second-order valence-electron chi connectivity index (χ2n) is 4.70. The maximum absolute atomic E-state index is 12.1. The first-order valence-electron chi connectivity index (χ1n) is 6.42. The summed E-state index contributed by atoms with van der Waals surface area (Å²) in [6.45, 7) is 0. The molecular weight excluding hydrogens is 323 g/mol. The molecule has 0 saturated heterocycles. The molecule has 0 heterocycles. The van der Waals surface area contributed by atoms with E-state index in [0.717, 1.165) is 0 Å². The van der Waals surface area contributed by atoms with Crippen molar-refractivity contribution in [2.75, 3.05) is 5.75 Å². The third kappa shape index (κ3) is 7.41. The van der Waals surface area contributed by atoms with E-state index in [2.05, 4.69) is 4.72 Å². The number of benzene rings is 1. The van der Waals surface area contributed by atoms with Gasteiger partial charge < -0.3 is 5.11 Å². The lowest BCUT2D eigenvalue weighted by atomic mass is 10.0. The molecule has 22 heavy (non-hydrogen) atoms. The molecule has 0 bridgehead atoms. The molecular formula is C13H16F3NO4S. The standard InChI is InChI=1S/C13H16F3NO4S/c14-13(15,16)8-9-22(20,21)17-11(6-7-12(18)19)10-4-2-1-3-5-10/h1-5,11,17H,6-9H2,(H,18,19). The van der Waals surface area contributed by atoms with E-state index in [9.17, 15) is 26.4 Å². The molecule has 124 valence electrons. The zero-order chi connectivity index (χ0) is 16.8. The molecule has 0 aliphatic heterocycles. The molecule has 2 N–H and O–H groups in total. The highest BCUT2D eigenvalue weighted by atomic mass is 32.2. The minimum absolute atomic E-state index is 0.0510. The highest BCUT2D eigenvalue weighted by molar-refractivity contribution is 7.89. The molecule has 1 aromatic carbocycles. The zero-order valence-electron chi connectivity index (χ0n) is 11.5. The number of aliphatic carboxylic acids is 1. The highest BCUT2D eigenvalue weighted by Gasteiger charge is 2.31. The third-order valence-electron chi connectivity index (χ3n) is 2.82. The quantitative estimate of drug-likeness (QED) is 0.762. The molecule has 5 nitrogen and oxygen atoms in total. The van der Waals surface area contributed by atoms with Gasteiger partial charge in [-0.15, -0.1) is 0 Å². The lowest BCUT2D eigenvalue weighted by Gasteiger charge is -2.19. The molecule has 0 spiro atoms. The summed E-state index contributed by atoms with van der Waals surface area (Å²) in [6.07, 6.45) is -6.38. The van der Waals surface area contributed by atoms with Gasteiger partial charge in [0.25, 0.3) is 0 Å². The van der Waals surface area contributed by atoms with Crippen LogP contribution >= 0.6 is 0 Å². The fourth-order valence-corrected chi connectivity index (χ4v) is 3.08. The Balaban J connectivity index is 2.81. The summed E-state index contributed by atoms with van der Waals surface area (Å²) < 4.78 is 62.0. The average molecular weight is 339 g/mol. The van der Waals surface area contributed by atoms with Crippen LogP contribution in [0.4, 0.5) is 13.2 Å². The predicted octanol–water partition coefficient (Wildman–Crippen LogP) is 2.46. The SMILES string of the molecule is O=C(O)CCC(NS(=O)(=O)CCC(F)(F)F)c1ccccc1. The largest absolute Gasteiger partial charge is 0.481 e. The Kier molecular flexibility index (Phi) is 6.36. The fraction of sp³-hybridized carbons (Fsp3) is 0.462. The molecule has 1 aromatic rings. The van der Waals surface area contributed by atoms with Crippen LogP contribution in [0.5, 0.6) is 0 Å². The second kappa shape index (κ2) is 7.59. The average Bonchev–Trinajstić information content (AvgIpc) is 2.41. The number of sulfonamides is 1. The molecule has 0 radical (unpaired) electrons. The minimum atomic E-state index is -4.57. The van der Waals surface area contributed by atoms with Crippen molar-refractivity contribution in [2.24, 2.45) is 0 Å². The first kappa shape index (κ1) is 18.4. The maximum atomic E-state index is 12.1. The Morgan fingerprint density at radius 1 is 1.23 bits per heavy atom. The van der Waals surface area contributed by atoms with Gasteiger partial charge in [0.1, 0.15) is 0 Å². The lowest BCUT2D eigenvalue weighted by Crippen LogP contribution is -2.32. The number of hydrogen-bond acceptors (Lipinski definition) is 3. The van der Waals surface area contributed by atoms with Crippen molar-refractivity contribution in [3.63, 3.8) is 0 Å². The van der Waals surface area contributed by atoms with E-state index in [1.807, 2.05) is 0 Å². The number of hydrogen-bond donors (Lipinski definition) is 2. The highest BCUT2D eigenvalue weighted by Crippen LogP contribution is 2.22. The molecule has 1 unspecified atom stereocenters. The van der Waals surface area contributed by atoms with Crippen LogP contribution < -0.4 is 4.72 Å². The normalized spacial score (nSPS) is 13.8. The molecule has 0 saturated carbocycles. The number of carboxylic acids is 1. The number of carbonyl (C=O) groups is 1. The van der Waals surface area contributed by atoms with Crippen LogP contribution in [0.2, 0.25) is 0 Å². The summed E-state index contributed by atoms with van der Waals surface area (Å²) in [5.74, 6) is -2.21. The Morgan fingerprint density at radius 2 is 1.82 bits per heavy atom. The number of halogens is 3. The van der Waals surface area contributed by atoms with Crippen LogP contribution in [0, 0.1) is 0 Å². The summed E-state index contributed by atoms with van der Waals surface area (Å²) in [5, 5.41) is 8.69. The summed E-state index contributed by atoms with van der Waals surface area (Å²) in [5.41, 5.74) is 0.499. The van der Waals surface area contributed by atoms with Gasteiger partial charge in [-0.3, -0.25) is 4.79 Å². The van der Waals surface area contributed by atoms with E-state index >= 15 is 0 Å². The van der Waals surface area contributed by atoms with Crippen LogP contribution in [0.25, 0.3) is 0 Å². The number of nitrogens with one attached hydrogen (secondary N) is 1. The first-order valence-corrected chi connectivity index (χ1v) is 8.08. The van der Waals surface area contributed by atoms with Crippen molar-refractivity contribution in [1.29, 1.82) is 0 Å². The summed E-state index contributed by atoms with van der Waals surface area (Å²) in [6, 6.07) is 7.24.